The van der Waals surface area contributed by atoms with Gasteiger partial charge in [-0.3, -0.25) is 19.1 Å². The SMILES string of the molecule is CN(C)C(=O)C1CN(c2nc(-c3ccncc3)cc(=O)n2C)CCO1. The Morgan fingerprint density at radius 1 is 1.32 bits per heavy atom. The molecule has 1 saturated heterocycles. The number of morpholine rings is 1. The van der Waals surface area contributed by atoms with Gasteiger partial charge in [-0.1, -0.05) is 0 Å². The Bertz CT molecular complexity index is 819. The monoisotopic (exact) mass is 343 g/mol. The zero-order chi connectivity index (χ0) is 18.0. The van der Waals surface area contributed by atoms with E-state index in [9.17, 15) is 9.59 Å². The molecule has 2 aromatic heterocycles. The molecule has 1 fully saturated rings. The van der Waals surface area contributed by atoms with Gasteiger partial charge in [0, 0.05) is 51.7 Å². The summed E-state index contributed by atoms with van der Waals surface area (Å²) in [5, 5.41) is 0. The van der Waals surface area contributed by atoms with Gasteiger partial charge >= 0.3 is 0 Å². The lowest BCUT2D eigenvalue weighted by molar-refractivity contribution is -0.141. The number of anilines is 1. The van der Waals surface area contributed by atoms with E-state index in [1.54, 1.807) is 33.5 Å². The van der Waals surface area contributed by atoms with Gasteiger partial charge in [-0.05, 0) is 12.1 Å². The van der Waals surface area contributed by atoms with Crippen LogP contribution in [0.3, 0.4) is 0 Å². The third kappa shape index (κ3) is 3.53. The first-order valence-corrected chi connectivity index (χ1v) is 8.03. The van der Waals surface area contributed by atoms with Crippen LogP contribution in [0.15, 0.2) is 35.4 Å². The smallest absolute Gasteiger partial charge is 0.255 e. The second-order valence-corrected chi connectivity index (χ2v) is 6.11. The fraction of sp³-hybridized carbons (Fsp3) is 0.412. The Morgan fingerprint density at radius 3 is 2.72 bits per heavy atom. The molecule has 0 saturated carbocycles. The fourth-order valence-electron chi connectivity index (χ4n) is 2.75. The van der Waals surface area contributed by atoms with Crippen molar-refractivity contribution in [1.29, 1.82) is 0 Å². The largest absolute Gasteiger partial charge is 0.365 e. The highest BCUT2D eigenvalue weighted by Crippen LogP contribution is 2.20. The van der Waals surface area contributed by atoms with Crippen LogP contribution in [0.4, 0.5) is 5.95 Å². The molecule has 0 spiro atoms. The summed E-state index contributed by atoms with van der Waals surface area (Å²) in [7, 11) is 5.07. The molecule has 1 aliphatic heterocycles. The maximum absolute atomic E-state index is 12.4. The maximum Gasteiger partial charge on any atom is 0.255 e. The second kappa shape index (κ2) is 7.02. The van der Waals surface area contributed by atoms with Gasteiger partial charge in [-0.25, -0.2) is 4.98 Å². The van der Waals surface area contributed by atoms with Gasteiger partial charge < -0.3 is 14.5 Å². The van der Waals surface area contributed by atoms with Crippen LogP contribution in [0.1, 0.15) is 0 Å². The molecule has 2 aromatic rings. The van der Waals surface area contributed by atoms with Crippen LogP contribution in [-0.2, 0) is 16.6 Å². The van der Waals surface area contributed by atoms with E-state index in [4.69, 9.17) is 4.74 Å². The molecule has 0 aliphatic carbocycles. The van der Waals surface area contributed by atoms with E-state index >= 15 is 0 Å². The van der Waals surface area contributed by atoms with E-state index in [1.807, 2.05) is 17.0 Å². The van der Waals surface area contributed by atoms with Crippen molar-refractivity contribution in [3.63, 3.8) is 0 Å². The normalized spacial score (nSPS) is 17.4. The van der Waals surface area contributed by atoms with Gasteiger partial charge in [0.05, 0.1) is 18.8 Å². The molecule has 1 aliphatic rings. The Kier molecular flexibility index (Phi) is 4.80. The standard InChI is InChI=1S/C17H21N5O3/c1-20(2)16(24)14-11-22(8-9-25-14)17-19-13(10-15(23)21(17)3)12-4-6-18-7-5-12/h4-7,10,14H,8-9,11H2,1-3H3. The number of likely N-dealkylation sites (N-methyl/N-ethyl adjacent to an activating group) is 1. The number of ether oxygens (including phenoxy) is 1. The molecule has 0 aromatic carbocycles. The van der Waals surface area contributed by atoms with Crippen LogP contribution in [0, 0.1) is 0 Å². The Labute approximate surface area is 145 Å². The van der Waals surface area contributed by atoms with E-state index in [0.717, 1.165) is 5.56 Å². The molecular formula is C17H21N5O3. The van der Waals surface area contributed by atoms with E-state index in [1.165, 1.54) is 15.5 Å². The topological polar surface area (TPSA) is 80.6 Å². The van der Waals surface area contributed by atoms with E-state index in [2.05, 4.69) is 9.97 Å². The molecule has 8 heteroatoms. The molecule has 0 bridgehead atoms. The lowest BCUT2D eigenvalue weighted by Crippen LogP contribution is -2.50. The van der Waals surface area contributed by atoms with Crippen molar-refractivity contribution in [2.75, 3.05) is 38.7 Å². The molecule has 3 heterocycles. The van der Waals surface area contributed by atoms with Crippen LogP contribution in [-0.4, -0.2) is 65.2 Å². The van der Waals surface area contributed by atoms with Crippen molar-refractivity contribution in [3.05, 3.63) is 40.9 Å². The molecule has 25 heavy (non-hydrogen) atoms. The van der Waals surface area contributed by atoms with E-state index in [0.29, 0.717) is 31.3 Å². The molecular weight excluding hydrogens is 322 g/mol. The van der Waals surface area contributed by atoms with Gasteiger partial charge in [0.2, 0.25) is 5.95 Å². The number of hydrogen-bond acceptors (Lipinski definition) is 6. The van der Waals surface area contributed by atoms with Crippen molar-refractivity contribution in [2.24, 2.45) is 7.05 Å². The Morgan fingerprint density at radius 2 is 2.04 bits per heavy atom. The number of carbonyl (C=O) groups is 1. The summed E-state index contributed by atoms with van der Waals surface area (Å²) in [5.74, 6) is 0.430. The molecule has 0 radical (unpaired) electrons. The first-order valence-electron chi connectivity index (χ1n) is 8.03. The lowest BCUT2D eigenvalue weighted by atomic mass is 10.2. The molecule has 1 amide bonds. The summed E-state index contributed by atoms with van der Waals surface area (Å²) in [6, 6.07) is 5.12. The number of aromatic nitrogens is 3. The summed E-state index contributed by atoms with van der Waals surface area (Å²) < 4.78 is 7.07. The van der Waals surface area contributed by atoms with Crippen LogP contribution >= 0.6 is 0 Å². The van der Waals surface area contributed by atoms with Crippen LogP contribution in [0.2, 0.25) is 0 Å². The number of nitrogens with zero attached hydrogens (tertiary/aromatic N) is 5. The van der Waals surface area contributed by atoms with Crippen molar-refractivity contribution in [1.82, 2.24) is 19.4 Å². The summed E-state index contributed by atoms with van der Waals surface area (Å²) in [6.07, 6.45) is 2.76. The van der Waals surface area contributed by atoms with Crippen molar-refractivity contribution in [2.45, 2.75) is 6.10 Å². The quantitative estimate of drug-likeness (QED) is 0.788. The van der Waals surface area contributed by atoms with Gasteiger partial charge in [-0.2, -0.15) is 0 Å². The number of pyridine rings is 1. The molecule has 8 nitrogen and oxygen atoms in total. The number of carbonyl (C=O) groups excluding carboxylic acids is 1. The highest BCUT2D eigenvalue weighted by Gasteiger charge is 2.29. The average molecular weight is 343 g/mol. The summed E-state index contributed by atoms with van der Waals surface area (Å²) in [5.41, 5.74) is 1.25. The summed E-state index contributed by atoms with van der Waals surface area (Å²) in [6.45, 7) is 1.33. The summed E-state index contributed by atoms with van der Waals surface area (Å²) >= 11 is 0. The molecule has 132 valence electrons. The van der Waals surface area contributed by atoms with Crippen molar-refractivity contribution >= 4 is 11.9 Å². The fourth-order valence-corrected chi connectivity index (χ4v) is 2.75. The molecule has 0 N–H and O–H groups in total. The summed E-state index contributed by atoms with van der Waals surface area (Å²) in [4.78, 5) is 36.6. The lowest BCUT2D eigenvalue weighted by Gasteiger charge is -2.34. The second-order valence-electron chi connectivity index (χ2n) is 6.11. The zero-order valence-corrected chi connectivity index (χ0v) is 14.5. The van der Waals surface area contributed by atoms with Gasteiger partial charge in [0.1, 0.15) is 0 Å². The average Bonchev–Trinajstić information content (AvgIpc) is 2.64. The molecule has 1 atom stereocenters. The van der Waals surface area contributed by atoms with Crippen molar-refractivity contribution in [3.8, 4) is 11.3 Å². The van der Waals surface area contributed by atoms with Crippen LogP contribution in [0.25, 0.3) is 11.3 Å². The predicted molar refractivity (Wildman–Crippen MR) is 93.4 cm³/mol. The van der Waals surface area contributed by atoms with Gasteiger partial charge in [-0.15, -0.1) is 0 Å². The van der Waals surface area contributed by atoms with Crippen LogP contribution < -0.4 is 10.5 Å². The highest BCUT2D eigenvalue weighted by atomic mass is 16.5. The molecule has 3 rings (SSSR count). The zero-order valence-electron chi connectivity index (χ0n) is 14.5. The Balaban J connectivity index is 1.95. The van der Waals surface area contributed by atoms with Gasteiger partial charge in [0.25, 0.3) is 11.5 Å². The number of hydrogen-bond donors (Lipinski definition) is 0. The minimum Gasteiger partial charge on any atom is -0.365 e. The van der Waals surface area contributed by atoms with Gasteiger partial charge in [0.15, 0.2) is 6.10 Å². The third-order valence-electron chi connectivity index (χ3n) is 4.15. The number of amides is 1. The van der Waals surface area contributed by atoms with E-state index < -0.39 is 6.10 Å². The molecule has 1 unspecified atom stereocenters. The minimum absolute atomic E-state index is 0.0972. The predicted octanol–water partition coefficient (Wildman–Crippen LogP) is 0.136. The Hall–Kier alpha value is -2.74. The first-order chi connectivity index (χ1) is 12.0. The maximum atomic E-state index is 12.4. The minimum atomic E-state index is -0.565. The van der Waals surface area contributed by atoms with E-state index in [-0.39, 0.29) is 11.5 Å². The number of rotatable bonds is 3. The van der Waals surface area contributed by atoms with Crippen LogP contribution in [0.5, 0.6) is 0 Å². The van der Waals surface area contributed by atoms with Crippen molar-refractivity contribution < 1.29 is 9.53 Å². The first kappa shape index (κ1) is 17.1. The third-order valence-corrected chi connectivity index (χ3v) is 4.15. The highest BCUT2D eigenvalue weighted by molar-refractivity contribution is 5.81.